The molecule has 0 bridgehead atoms. The third kappa shape index (κ3) is 2.91. The summed E-state index contributed by atoms with van der Waals surface area (Å²) >= 11 is 0.128. The van der Waals surface area contributed by atoms with Crippen molar-refractivity contribution < 1.29 is 0 Å². The summed E-state index contributed by atoms with van der Waals surface area (Å²) in [5, 5.41) is 5.58. The zero-order valence-electron chi connectivity index (χ0n) is 11.9. The summed E-state index contributed by atoms with van der Waals surface area (Å²) < 4.78 is 1.70. The van der Waals surface area contributed by atoms with Crippen LogP contribution < -0.4 is 13.3 Å². The van der Waals surface area contributed by atoms with Crippen LogP contribution in [0.1, 0.15) is 0 Å². The van der Waals surface area contributed by atoms with E-state index in [-0.39, 0.29) is 0 Å². The third-order valence-corrected chi connectivity index (χ3v) is 17.8. The number of rotatable bonds is 3. The van der Waals surface area contributed by atoms with Gasteiger partial charge in [-0.15, -0.1) is 0 Å². The molecule has 96 valence electrons. The van der Waals surface area contributed by atoms with Crippen LogP contribution >= 0.6 is 11.3 Å². The van der Waals surface area contributed by atoms with Crippen LogP contribution in [-0.2, 0) is 0 Å². The molecule has 2 rings (SSSR count). The Labute approximate surface area is 120 Å². The van der Waals surface area contributed by atoms with E-state index in [1.807, 2.05) is 11.3 Å². The minimum absolute atomic E-state index is 1.47. The third-order valence-electron chi connectivity index (χ3n) is 3.56. The van der Waals surface area contributed by atoms with Crippen molar-refractivity contribution in [3.8, 4) is 0 Å². The van der Waals surface area contributed by atoms with E-state index >= 15 is 0 Å². The number of thiophene rings is 1. The molecule has 0 saturated carbocycles. The molecule has 0 aliphatic carbocycles. The van der Waals surface area contributed by atoms with Crippen LogP contribution in [-0.4, -0.2) is 26.5 Å². The Bertz CT molecular complexity index is 523. The minimum atomic E-state index is -1.88. The molecule has 3 heteroatoms. The SMILES string of the molecule is C[Si](C)(c1ccccc1)c1cs[c]([Sn]([CH3])([CH3])[CH3])c1. The summed E-state index contributed by atoms with van der Waals surface area (Å²) in [6, 6.07) is 13.6. The molecular formula is C15H22SSiSn. The van der Waals surface area contributed by atoms with Gasteiger partial charge in [0.05, 0.1) is 0 Å². The predicted octanol–water partition coefficient (Wildman–Crippen LogP) is 3.12. The summed E-state index contributed by atoms with van der Waals surface area (Å²) in [5.74, 6) is 0. The van der Waals surface area contributed by atoms with Gasteiger partial charge in [0.2, 0.25) is 0 Å². The summed E-state index contributed by atoms with van der Waals surface area (Å²) in [6.07, 6.45) is 0. The van der Waals surface area contributed by atoms with Gasteiger partial charge >= 0.3 is 121 Å². The van der Waals surface area contributed by atoms with Gasteiger partial charge in [-0.2, -0.15) is 0 Å². The van der Waals surface area contributed by atoms with Gasteiger partial charge < -0.3 is 0 Å². The fourth-order valence-electron chi connectivity index (χ4n) is 2.08. The van der Waals surface area contributed by atoms with Crippen molar-refractivity contribution in [3.05, 3.63) is 41.8 Å². The van der Waals surface area contributed by atoms with E-state index in [4.69, 9.17) is 0 Å². The summed E-state index contributed by atoms with van der Waals surface area (Å²) in [5.41, 5.74) is 0. The average Bonchev–Trinajstić information content (AvgIpc) is 2.79. The zero-order valence-corrected chi connectivity index (χ0v) is 16.6. The topological polar surface area (TPSA) is 0 Å². The van der Waals surface area contributed by atoms with E-state index in [2.05, 4.69) is 69.7 Å². The molecule has 0 nitrogen and oxygen atoms in total. The van der Waals surface area contributed by atoms with Gasteiger partial charge in [-0.1, -0.05) is 0 Å². The standard InChI is InChI=1S/C12H13SSi.3CH3.Sn/c1-14(2,12-8-9-13-10-12)11-6-4-3-5-7-11;;;;/h3-8,10H,1-2H3;3*1H3;. The summed E-state index contributed by atoms with van der Waals surface area (Å²) in [4.78, 5) is 7.50. The van der Waals surface area contributed by atoms with Gasteiger partial charge in [-0.05, 0) is 0 Å². The second-order valence-electron chi connectivity index (χ2n) is 6.44. The van der Waals surface area contributed by atoms with E-state index in [9.17, 15) is 0 Å². The monoisotopic (exact) mass is 382 g/mol. The Morgan fingerprint density at radius 2 is 1.56 bits per heavy atom. The Morgan fingerprint density at radius 1 is 0.944 bits per heavy atom. The molecule has 0 fully saturated rings. The Balaban J connectivity index is 2.40. The van der Waals surface area contributed by atoms with Crippen LogP contribution in [0.2, 0.25) is 27.9 Å². The number of benzene rings is 1. The first-order valence-electron chi connectivity index (χ1n) is 6.47. The molecule has 1 aromatic carbocycles. The molecule has 0 radical (unpaired) electrons. The van der Waals surface area contributed by atoms with Gasteiger partial charge in [-0.25, -0.2) is 0 Å². The van der Waals surface area contributed by atoms with Crippen molar-refractivity contribution in [3.63, 3.8) is 0 Å². The van der Waals surface area contributed by atoms with Crippen LogP contribution in [0.25, 0.3) is 0 Å². The Hall–Kier alpha value is -0.0644. The molecular weight excluding hydrogens is 359 g/mol. The maximum atomic E-state index is 2.53. The first kappa shape index (κ1) is 14.3. The fraction of sp³-hybridized carbons (Fsp3) is 0.333. The Morgan fingerprint density at radius 3 is 2.06 bits per heavy atom. The molecule has 0 amide bonds. The van der Waals surface area contributed by atoms with Gasteiger partial charge in [0.25, 0.3) is 0 Å². The molecule has 0 aliphatic heterocycles. The van der Waals surface area contributed by atoms with Gasteiger partial charge in [0.1, 0.15) is 0 Å². The van der Waals surface area contributed by atoms with Gasteiger partial charge in [0.15, 0.2) is 0 Å². The molecule has 1 heterocycles. The van der Waals surface area contributed by atoms with Crippen LogP contribution in [0.15, 0.2) is 41.8 Å². The molecule has 18 heavy (non-hydrogen) atoms. The zero-order chi connectivity index (χ0) is 13.4. The molecule has 0 spiro atoms. The molecule has 0 unspecified atom stereocenters. The van der Waals surface area contributed by atoms with Crippen molar-refractivity contribution in [2.24, 2.45) is 0 Å². The van der Waals surface area contributed by atoms with Crippen molar-refractivity contribution in [2.45, 2.75) is 27.9 Å². The molecule has 0 aliphatic rings. The first-order chi connectivity index (χ1) is 8.32. The summed E-state index contributed by atoms with van der Waals surface area (Å²) in [6.45, 7) is 4.93. The van der Waals surface area contributed by atoms with Crippen LogP contribution in [0.5, 0.6) is 0 Å². The van der Waals surface area contributed by atoms with E-state index in [0.717, 1.165) is 0 Å². The van der Waals surface area contributed by atoms with Crippen molar-refractivity contribution >= 4 is 51.1 Å². The molecule has 0 atom stereocenters. The van der Waals surface area contributed by atoms with E-state index in [0.29, 0.717) is 0 Å². The summed E-state index contributed by atoms with van der Waals surface area (Å²) in [7, 11) is -1.47. The van der Waals surface area contributed by atoms with Crippen molar-refractivity contribution in [1.29, 1.82) is 0 Å². The first-order valence-corrected chi connectivity index (χ1v) is 20.3. The second-order valence-corrected chi connectivity index (χ2v) is 27.2. The molecule has 0 saturated heterocycles. The van der Waals surface area contributed by atoms with Crippen molar-refractivity contribution in [1.82, 2.24) is 0 Å². The quantitative estimate of drug-likeness (QED) is 0.717. The van der Waals surface area contributed by atoms with E-state index in [1.165, 1.54) is 0 Å². The normalized spacial score (nSPS) is 12.7. The van der Waals surface area contributed by atoms with E-state index < -0.39 is 26.5 Å². The number of hydrogen-bond donors (Lipinski definition) is 0. The van der Waals surface area contributed by atoms with Gasteiger partial charge in [-0.3, -0.25) is 0 Å². The maximum absolute atomic E-state index is 2.53. The fourth-order valence-corrected chi connectivity index (χ4v) is 11.9. The van der Waals surface area contributed by atoms with Crippen LogP contribution in [0.3, 0.4) is 0 Å². The molecule has 2 aromatic rings. The van der Waals surface area contributed by atoms with Gasteiger partial charge in [0, 0.05) is 0 Å². The van der Waals surface area contributed by atoms with Crippen molar-refractivity contribution in [2.75, 3.05) is 0 Å². The second kappa shape index (κ2) is 5.14. The van der Waals surface area contributed by atoms with Crippen LogP contribution in [0.4, 0.5) is 0 Å². The predicted molar refractivity (Wildman–Crippen MR) is 90.5 cm³/mol. The van der Waals surface area contributed by atoms with E-state index in [1.54, 1.807) is 13.3 Å². The average molecular weight is 381 g/mol. The number of hydrogen-bond acceptors (Lipinski definition) is 1. The van der Waals surface area contributed by atoms with Crippen LogP contribution in [0, 0.1) is 0 Å². The molecule has 1 aromatic heterocycles. The molecule has 0 N–H and O–H groups in total. The Kier molecular flexibility index (Phi) is 4.09.